The van der Waals surface area contributed by atoms with Crippen molar-refractivity contribution in [3.05, 3.63) is 97.2 Å². The molecule has 0 N–H and O–H groups in total. The van der Waals surface area contributed by atoms with E-state index in [4.69, 9.17) is 14.2 Å². The Morgan fingerprint density at radius 3 is 0.853 bits per heavy atom. The molecule has 6 heteroatoms. The van der Waals surface area contributed by atoms with Crippen LogP contribution in [0.1, 0.15) is 303 Å². The van der Waals surface area contributed by atoms with Gasteiger partial charge in [-0.2, -0.15) is 0 Å². The fourth-order valence-electron chi connectivity index (χ4n) is 8.79. The largest absolute Gasteiger partial charge is 0.462 e. The number of ether oxygens (including phenoxy) is 3. The van der Waals surface area contributed by atoms with Gasteiger partial charge in [0, 0.05) is 19.3 Å². The molecule has 0 radical (unpaired) electrons. The van der Waals surface area contributed by atoms with Crippen LogP contribution in [0.2, 0.25) is 0 Å². The quantitative estimate of drug-likeness (QED) is 0.0261. The van der Waals surface area contributed by atoms with E-state index in [0.717, 1.165) is 116 Å². The summed E-state index contributed by atoms with van der Waals surface area (Å²) in [6.07, 6.45) is 84.0. The summed E-state index contributed by atoms with van der Waals surface area (Å²) in [5.74, 6) is -0.899. The molecule has 0 saturated carbocycles. The number of carbonyl (C=O) groups excluding carboxylic acids is 3. The summed E-state index contributed by atoms with van der Waals surface area (Å²) in [6.45, 7) is 6.50. The number of esters is 3. The van der Waals surface area contributed by atoms with E-state index in [-0.39, 0.29) is 31.1 Å². The van der Waals surface area contributed by atoms with Gasteiger partial charge in [0.1, 0.15) is 13.2 Å². The first-order valence-electron chi connectivity index (χ1n) is 31.7. The SMILES string of the molecule is CC/C=C\C/C=C\C/C=C\C/C=C\C/C=C\CCCCCCCCCCCC(=O)OCC(COC(=O)CCCCCCC/C=C\CCCCCCCC)OC(=O)CCCCCCCCC/C=C\C/C=C\CCCCC. The van der Waals surface area contributed by atoms with E-state index >= 15 is 0 Å². The highest BCUT2D eigenvalue weighted by atomic mass is 16.6. The molecule has 0 aliphatic heterocycles. The smallest absolute Gasteiger partial charge is 0.306 e. The van der Waals surface area contributed by atoms with Crippen LogP contribution in [-0.2, 0) is 28.6 Å². The van der Waals surface area contributed by atoms with Gasteiger partial charge in [0.05, 0.1) is 0 Å². The van der Waals surface area contributed by atoms with Crippen LogP contribution in [0.4, 0.5) is 0 Å². The van der Waals surface area contributed by atoms with Gasteiger partial charge in [0.25, 0.3) is 0 Å². The lowest BCUT2D eigenvalue weighted by Crippen LogP contribution is -2.30. The minimum atomic E-state index is -0.789. The Kier molecular flexibility index (Phi) is 59.8. The molecule has 0 fully saturated rings. The molecule has 0 rings (SSSR count). The van der Waals surface area contributed by atoms with E-state index < -0.39 is 6.10 Å². The molecule has 430 valence electrons. The molecule has 0 spiro atoms. The fraction of sp³-hybridized carbons (Fsp3) is 0.725. The summed E-state index contributed by atoms with van der Waals surface area (Å²) in [5.41, 5.74) is 0. The van der Waals surface area contributed by atoms with Gasteiger partial charge in [-0.3, -0.25) is 14.4 Å². The maximum absolute atomic E-state index is 12.9. The molecule has 0 bridgehead atoms. The van der Waals surface area contributed by atoms with E-state index in [0.29, 0.717) is 19.3 Å². The Morgan fingerprint density at radius 1 is 0.280 bits per heavy atom. The van der Waals surface area contributed by atoms with Gasteiger partial charge in [0.15, 0.2) is 6.10 Å². The first-order chi connectivity index (χ1) is 37.0. The zero-order chi connectivity index (χ0) is 54.3. The van der Waals surface area contributed by atoms with E-state index in [2.05, 4.69) is 118 Å². The van der Waals surface area contributed by atoms with Crippen molar-refractivity contribution < 1.29 is 28.6 Å². The van der Waals surface area contributed by atoms with Crippen molar-refractivity contribution in [1.82, 2.24) is 0 Å². The highest BCUT2D eigenvalue weighted by molar-refractivity contribution is 5.71. The lowest BCUT2D eigenvalue weighted by molar-refractivity contribution is -0.167. The second kappa shape index (κ2) is 62.9. The number of rotatable bonds is 57. The first-order valence-corrected chi connectivity index (χ1v) is 31.7. The van der Waals surface area contributed by atoms with Crippen LogP contribution in [0, 0.1) is 0 Å². The van der Waals surface area contributed by atoms with Crippen LogP contribution in [0.15, 0.2) is 97.2 Å². The number of unbranched alkanes of at least 4 members (excludes halogenated alkanes) is 30. The average molecular weight is 1040 g/mol. The summed E-state index contributed by atoms with van der Waals surface area (Å²) in [7, 11) is 0. The topological polar surface area (TPSA) is 78.9 Å². The molecule has 0 aromatic heterocycles. The van der Waals surface area contributed by atoms with Gasteiger partial charge in [0.2, 0.25) is 0 Å². The van der Waals surface area contributed by atoms with Gasteiger partial charge in [-0.05, 0) is 122 Å². The van der Waals surface area contributed by atoms with Crippen molar-refractivity contribution >= 4 is 17.9 Å². The molecule has 0 amide bonds. The van der Waals surface area contributed by atoms with Crippen LogP contribution in [0.5, 0.6) is 0 Å². The van der Waals surface area contributed by atoms with Gasteiger partial charge >= 0.3 is 17.9 Å². The lowest BCUT2D eigenvalue weighted by Gasteiger charge is -2.18. The Hall–Kier alpha value is -3.67. The van der Waals surface area contributed by atoms with Gasteiger partial charge in [-0.15, -0.1) is 0 Å². The zero-order valence-electron chi connectivity index (χ0n) is 49.3. The van der Waals surface area contributed by atoms with Crippen molar-refractivity contribution in [2.24, 2.45) is 0 Å². The Morgan fingerprint density at radius 2 is 0.520 bits per heavy atom. The third-order valence-corrected chi connectivity index (χ3v) is 13.5. The van der Waals surface area contributed by atoms with Crippen LogP contribution < -0.4 is 0 Å². The van der Waals surface area contributed by atoms with E-state index in [1.54, 1.807) is 0 Å². The summed E-state index contributed by atoms with van der Waals surface area (Å²) < 4.78 is 16.9. The van der Waals surface area contributed by atoms with Crippen molar-refractivity contribution in [1.29, 1.82) is 0 Å². The maximum Gasteiger partial charge on any atom is 0.306 e. The number of allylic oxidation sites excluding steroid dienone is 16. The maximum atomic E-state index is 12.9. The van der Waals surface area contributed by atoms with Gasteiger partial charge in [-0.25, -0.2) is 0 Å². The summed E-state index contributed by atoms with van der Waals surface area (Å²) in [5, 5.41) is 0. The highest BCUT2D eigenvalue weighted by Gasteiger charge is 2.19. The van der Waals surface area contributed by atoms with E-state index in [1.165, 1.54) is 148 Å². The van der Waals surface area contributed by atoms with Crippen LogP contribution in [0.25, 0.3) is 0 Å². The van der Waals surface area contributed by atoms with Crippen molar-refractivity contribution in [3.63, 3.8) is 0 Å². The van der Waals surface area contributed by atoms with Gasteiger partial charge in [-0.1, -0.05) is 259 Å². The predicted molar refractivity (Wildman–Crippen MR) is 325 cm³/mol. The van der Waals surface area contributed by atoms with E-state index in [9.17, 15) is 14.4 Å². The van der Waals surface area contributed by atoms with Crippen molar-refractivity contribution in [2.75, 3.05) is 13.2 Å². The second-order valence-electron chi connectivity index (χ2n) is 20.9. The molecule has 0 aromatic carbocycles. The molecule has 1 unspecified atom stereocenters. The number of carbonyl (C=O) groups is 3. The molecule has 75 heavy (non-hydrogen) atoms. The van der Waals surface area contributed by atoms with E-state index in [1.807, 2.05) is 0 Å². The molecule has 0 heterocycles. The summed E-state index contributed by atoms with van der Waals surface area (Å²) in [6, 6.07) is 0. The third-order valence-electron chi connectivity index (χ3n) is 13.5. The molecule has 0 aliphatic carbocycles. The average Bonchev–Trinajstić information content (AvgIpc) is 3.41. The fourth-order valence-corrected chi connectivity index (χ4v) is 8.79. The Balaban J connectivity index is 4.37. The lowest BCUT2D eigenvalue weighted by atomic mass is 10.1. The molecular weight excluding hydrogens is 925 g/mol. The molecule has 0 aliphatic rings. The summed E-state index contributed by atoms with van der Waals surface area (Å²) >= 11 is 0. The second-order valence-corrected chi connectivity index (χ2v) is 20.9. The minimum absolute atomic E-state index is 0.0860. The van der Waals surface area contributed by atoms with Crippen LogP contribution in [-0.4, -0.2) is 37.2 Å². The molecule has 6 nitrogen and oxygen atoms in total. The number of hydrogen-bond acceptors (Lipinski definition) is 6. The monoisotopic (exact) mass is 1040 g/mol. The highest BCUT2D eigenvalue weighted by Crippen LogP contribution is 2.15. The molecule has 1 atom stereocenters. The van der Waals surface area contributed by atoms with Crippen molar-refractivity contribution in [2.45, 2.75) is 309 Å². The molecular formula is C69H118O6. The number of hydrogen-bond donors (Lipinski definition) is 0. The third kappa shape index (κ3) is 61.1. The minimum Gasteiger partial charge on any atom is -0.462 e. The molecule has 0 aromatic rings. The van der Waals surface area contributed by atoms with Crippen molar-refractivity contribution in [3.8, 4) is 0 Å². The van der Waals surface area contributed by atoms with Crippen LogP contribution in [0.3, 0.4) is 0 Å². The van der Waals surface area contributed by atoms with Crippen LogP contribution >= 0.6 is 0 Å². The Bertz CT molecular complexity index is 1480. The Labute approximate surface area is 464 Å². The van der Waals surface area contributed by atoms with Gasteiger partial charge < -0.3 is 14.2 Å². The molecule has 0 saturated heterocycles. The summed E-state index contributed by atoms with van der Waals surface area (Å²) in [4.78, 5) is 38.3. The normalized spacial score (nSPS) is 12.7. The zero-order valence-corrected chi connectivity index (χ0v) is 49.3. The first kappa shape index (κ1) is 71.3. The predicted octanol–water partition coefficient (Wildman–Crippen LogP) is 21.7. The standard InChI is InChI=1S/C69H118O6/c1-4-7-10-13-16-19-22-25-28-30-31-32-33-34-35-36-37-39-41-44-47-50-53-56-59-62-68(71)74-65-66(64-73-67(70)61-58-55-52-49-46-43-40-27-24-21-18-15-12-9-6-3)75-69(72)63-60-57-54-51-48-45-42-38-29-26-23-20-17-14-11-8-5-2/h7,10,16-17,19-20,25-29,31-32,34-35,40,66H,4-6,8-9,11-15,18,21-24,30,33,36-39,41-65H2,1-3H3/b10-7-,19-16-,20-17-,28-25-,29-26-,32-31-,35-34-,40-27-.